The Kier molecular flexibility index (Phi) is 5.12. The molecule has 1 aromatic heterocycles. The van der Waals surface area contributed by atoms with Crippen LogP contribution in [0.2, 0.25) is 0 Å². The van der Waals surface area contributed by atoms with Crippen molar-refractivity contribution < 1.29 is 18.6 Å². The van der Waals surface area contributed by atoms with Crippen molar-refractivity contribution in [2.24, 2.45) is 0 Å². The van der Waals surface area contributed by atoms with E-state index >= 15 is 0 Å². The zero-order chi connectivity index (χ0) is 17.2. The van der Waals surface area contributed by atoms with Crippen LogP contribution in [0.3, 0.4) is 0 Å². The number of thiazole rings is 1. The van der Waals surface area contributed by atoms with E-state index in [9.17, 15) is 13.9 Å². The molecule has 4 nitrogen and oxygen atoms in total. The number of rotatable bonds is 4. The van der Waals surface area contributed by atoms with Gasteiger partial charge in [-0.05, 0) is 51.4 Å². The van der Waals surface area contributed by atoms with E-state index in [4.69, 9.17) is 4.74 Å². The van der Waals surface area contributed by atoms with E-state index in [1.807, 2.05) is 6.92 Å². The second kappa shape index (κ2) is 7.13. The van der Waals surface area contributed by atoms with Crippen molar-refractivity contribution in [1.29, 1.82) is 0 Å². The molecule has 0 saturated carbocycles. The van der Waals surface area contributed by atoms with Gasteiger partial charge in [0, 0.05) is 6.07 Å². The van der Waals surface area contributed by atoms with Gasteiger partial charge in [-0.15, -0.1) is 11.3 Å². The SMILES string of the molecule is Cc1nc(C2(O)CCCNCC2)sc1COc1ccc(F)c(F)c1. The molecule has 7 heteroatoms. The molecule has 24 heavy (non-hydrogen) atoms. The Morgan fingerprint density at radius 3 is 2.92 bits per heavy atom. The Hall–Kier alpha value is -1.57. The van der Waals surface area contributed by atoms with Crippen molar-refractivity contribution in [2.75, 3.05) is 13.1 Å². The highest BCUT2D eigenvalue weighted by atomic mass is 32.1. The van der Waals surface area contributed by atoms with Crippen LogP contribution in [0.4, 0.5) is 8.78 Å². The van der Waals surface area contributed by atoms with Gasteiger partial charge in [-0.2, -0.15) is 0 Å². The minimum absolute atomic E-state index is 0.211. The number of nitrogens with zero attached hydrogens (tertiary/aromatic N) is 1. The maximum Gasteiger partial charge on any atom is 0.162 e. The molecule has 1 aliphatic heterocycles. The van der Waals surface area contributed by atoms with Crippen LogP contribution in [0.25, 0.3) is 0 Å². The lowest BCUT2D eigenvalue weighted by molar-refractivity contribution is 0.0237. The minimum Gasteiger partial charge on any atom is -0.488 e. The zero-order valence-electron chi connectivity index (χ0n) is 13.4. The van der Waals surface area contributed by atoms with Crippen LogP contribution in [-0.2, 0) is 12.2 Å². The summed E-state index contributed by atoms with van der Waals surface area (Å²) in [6, 6.07) is 3.45. The van der Waals surface area contributed by atoms with Gasteiger partial charge in [0.15, 0.2) is 11.6 Å². The van der Waals surface area contributed by atoms with Gasteiger partial charge in [-0.3, -0.25) is 0 Å². The average Bonchev–Trinajstić information content (AvgIpc) is 2.78. The normalized spacial score (nSPS) is 21.5. The van der Waals surface area contributed by atoms with E-state index in [1.54, 1.807) is 0 Å². The molecule has 3 rings (SSSR count). The van der Waals surface area contributed by atoms with Crippen LogP contribution in [0.5, 0.6) is 5.75 Å². The molecular formula is C17H20F2N2O2S. The molecule has 0 aliphatic carbocycles. The molecule has 1 aromatic carbocycles. The summed E-state index contributed by atoms with van der Waals surface area (Å²) in [7, 11) is 0. The number of hydrogen-bond donors (Lipinski definition) is 2. The van der Waals surface area contributed by atoms with E-state index in [0.717, 1.165) is 42.2 Å². The van der Waals surface area contributed by atoms with Gasteiger partial charge in [-0.25, -0.2) is 13.8 Å². The fraction of sp³-hybridized carbons (Fsp3) is 0.471. The predicted octanol–water partition coefficient (Wildman–Crippen LogP) is 3.27. The quantitative estimate of drug-likeness (QED) is 0.885. The predicted molar refractivity (Wildman–Crippen MR) is 88.2 cm³/mol. The summed E-state index contributed by atoms with van der Waals surface area (Å²) >= 11 is 1.42. The highest BCUT2D eigenvalue weighted by Crippen LogP contribution is 2.35. The van der Waals surface area contributed by atoms with E-state index in [0.29, 0.717) is 17.8 Å². The molecule has 1 atom stereocenters. The molecule has 1 unspecified atom stereocenters. The molecule has 1 saturated heterocycles. The number of aryl methyl sites for hydroxylation is 1. The Balaban J connectivity index is 1.72. The van der Waals surface area contributed by atoms with Gasteiger partial charge in [0.05, 0.1) is 10.6 Å². The van der Waals surface area contributed by atoms with Crippen LogP contribution in [0, 0.1) is 18.6 Å². The van der Waals surface area contributed by atoms with Crippen LogP contribution in [-0.4, -0.2) is 23.2 Å². The van der Waals surface area contributed by atoms with Gasteiger partial charge < -0.3 is 15.2 Å². The number of ether oxygens (including phenoxy) is 1. The van der Waals surface area contributed by atoms with Gasteiger partial charge in [0.2, 0.25) is 0 Å². The maximum atomic E-state index is 13.2. The van der Waals surface area contributed by atoms with Crippen molar-refractivity contribution in [2.45, 2.75) is 38.4 Å². The topological polar surface area (TPSA) is 54.4 Å². The molecule has 2 N–H and O–H groups in total. The summed E-state index contributed by atoms with van der Waals surface area (Å²) in [5.41, 5.74) is -0.109. The van der Waals surface area contributed by atoms with Gasteiger partial charge in [0.25, 0.3) is 0 Å². The lowest BCUT2D eigenvalue weighted by atomic mass is 9.96. The first-order valence-corrected chi connectivity index (χ1v) is 8.77. The Morgan fingerprint density at radius 2 is 2.12 bits per heavy atom. The summed E-state index contributed by atoms with van der Waals surface area (Å²) in [5.74, 6) is -1.57. The summed E-state index contributed by atoms with van der Waals surface area (Å²) in [6.45, 7) is 3.74. The summed E-state index contributed by atoms with van der Waals surface area (Å²) in [6.07, 6.45) is 2.20. The van der Waals surface area contributed by atoms with Crippen molar-refractivity contribution in [1.82, 2.24) is 10.3 Å². The third-order valence-electron chi connectivity index (χ3n) is 4.21. The third kappa shape index (κ3) is 3.74. The maximum absolute atomic E-state index is 13.2. The third-order valence-corrected chi connectivity index (χ3v) is 5.54. The molecule has 130 valence electrons. The fourth-order valence-electron chi connectivity index (χ4n) is 2.74. The highest BCUT2D eigenvalue weighted by molar-refractivity contribution is 7.11. The lowest BCUT2D eigenvalue weighted by Crippen LogP contribution is -2.27. The van der Waals surface area contributed by atoms with Crippen LogP contribution < -0.4 is 10.1 Å². The first-order valence-electron chi connectivity index (χ1n) is 7.96. The minimum atomic E-state index is -0.936. The molecule has 2 heterocycles. The van der Waals surface area contributed by atoms with Crippen LogP contribution in [0.1, 0.15) is 34.8 Å². The zero-order valence-corrected chi connectivity index (χ0v) is 14.3. The number of hydrogen-bond acceptors (Lipinski definition) is 5. The standard InChI is InChI=1S/C17H20F2N2O2S/c1-11-15(10-23-12-3-4-13(18)14(19)9-12)24-16(21-11)17(22)5-2-7-20-8-6-17/h3-4,9,20,22H,2,5-8,10H2,1H3. The van der Waals surface area contributed by atoms with Crippen LogP contribution >= 0.6 is 11.3 Å². The lowest BCUT2D eigenvalue weighted by Gasteiger charge is -2.23. The summed E-state index contributed by atoms with van der Waals surface area (Å²) in [5, 5.41) is 14.9. The Bertz CT molecular complexity index is 713. The Morgan fingerprint density at radius 1 is 1.29 bits per heavy atom. The number of nitrogens with one attached hydrogen (secondary N) is 1. The van der Waals surface area contributed by atoms with E-state index < -0.39 is 17.2 Å². The van der Waals surface area contributed by atoms with Gasteiger partial charge in [0.1, 0.15) is 23.0 Å². The summed E-state index contributed by atoms with van der Waals surface area (Å²) < 4.78 is 31.7. The van der Waals surface area contributed by atoms with E-state index in [-0.39, 0.29) is 12.4 Å². The molecular weight excluding hydrogens is 334 g/mol. The number of halogens is 2. The highest BCUT2D eigenvalue weighted by Gasteiger charge is 2.33. The first kappa shape index (κ1) is 17.3. The molecule has 0 radical (unpaired) electrons. The molecule has 1 aliphatic rings. The first-order chi connectivity index (χ1) is 11.5. The second-order valence-electron chi connectivity index (χ2n) is 6.03. The molecule has 0 spiro atoms. The molecule has 1 fully saturated rings. The molecule has 2 aromatic rings. The average molecular weight is 354 g/mol. The van der Waals surface area contributed by atoms with Crippen molar-refractivity contribution in [3.8, 4) is 5.75 Å². The van der Waals surface area contributed by atoms with E-state index in [2.05, 4.69) is 10.3 Å². The Labute approximate surface area is 143 Å². The van der Waals surface area contributed by atoms with Crippen molar-refractivity contribution in [3.05, 3.63) is 45.4 Å². The van der Waals surface area contributed by atoms with E-state index in [1.165, 1.54) is 17.4 Å². The molecule has 0 bridgehead atoms. The number of aliphatic hydroxyl groups is 1. The van der Waals surface area contributed by atoms with Crippen molar-refractivity contribution >= 4 is 11.3 Å². The second-order valence-corrected chi connectivity index (χ2v) is 7.11. The van der Waals surface area contributed by atoms with Gasteiger partial charge >= 0.3 is 0 Å². The smallest absolute Gasteiger partial charge is 0.162 e. The number of aromatic nitrogens is 1. The molecule has 0 amide bonds. The van der Waals surface area contributed by atoms with Crippen molar-refractivity contribution in [3.63, 3.8) is 0 Å². The van der Waals surface area contributed by atoms with Crippen LogP contribution in [0.15, 0.2) is 18.2 Å². The number of benzene rings is 1. The fourth-order valence-corrected chi connectivity index (χ4v) is 3.86. The monoisotopic (exact) mass is 354 g/mol. The summed E-state index contributed by atoms with van der Waals surface area (Å²) in [4.78, 5) is 5.39. The van der Waals surface area contributed by atoms with Gasteiger partial charge in [-0.1, -0.05) is 0 Å². The largest absolute Gasteiger partial charge is 0.488 e.